The molecule has 1 unspecified atom stereocenters. The fraction of sp³-hybridized carbons (Fsp3) is 0.542. The van der Waals surface area contributed by atoms with Crippen molar-refractivity contribution in [2.75, 3.05) is 29.4 Å². The first-order valence-corrected chi connectivity index (χ1v) is 11.5. The number of alkyl carbamates (subject to hydrolysis) is 1. The van der Waals surface area contributed by atoms with Gasteiger partial charge in [-0.05, 0) is 52.2 Å². The Balaban J connectivity index is 1.42. The molecule has 33 heavy (non-hydrogen) atoms. The summed E-state index contributed by atoms with van der Waals surface area (Å²) in [6.07, 6.45) is 7.09. The molecule has 4 heterocycles. The van der Waals surface area contributed by atoms with Gasteiger partial charge in [-0.25, -0.2) is 19.7 Å². The van der Waals surface area contributed by atoms with E-state index in [1.165, 1.54) is 12.0 Å². The van der Waals surface area contributed by atoms with Crippen LogP contribution in [0.25, 0.3) is 0 Å². The van der Waals surface area contributed by atoms with E-state index in [1.54, 1.807) is 18.6 Å². The van der Waals surface area contributed by atoms with E-state index in [4.69, 9.17) is 9.72 Å². The van der Waals surface area contributed by atoms with Gasteiger partial charge in [0.15, 0.2) is 0 Å². The lowest BCUT2D eigenvalue weighted by Gasteiger charge is -2.40. The Morgan fingerprint density at radius 2 is 2.06 bits per heavy atom. The zero-order valence-corrected chi connectivity index (χ0v) is 19.3. The predicted molar refractivity (Wildman–Crippen MR) is 124 cm³/mol. The average molecular weight is 448 g/mol. The Hall–Kier alpha value is -3.41. The highest BCUT2D eigenvalue weighted by molar-refractivity contribution is 5.75. The fourth-order valence-corrected chi connectivity index (χ4v) is 5.12. The average Bonchev–Trinajstić information content (AvgIpc) is 3.35. The van der Waals surface area contributed by atoms with E-state index in [0.717, 1.165) is 49.8 Å². The summed E-state index contributed by atoms with van der Waals surface area (Å²) in [7, 11) is 0. The lowest BCUT2D eigenvalue weighted by molar-refractivity contribution is 0.0509. The van der Waals surface area contributed by atoms with Crippen molar-refractivity contribution in [3.05, 3.63) is 35.8 Å². The van der Waals surface area contributed by atoms with Crippen LogP contribution in [0.3, 0.4) is 0 Å². The molecule has 1 spiro atoms. The van der Waals surface area contributed by atoms with Crippen molar-refractivity contribution in [1.82, 2.24) is 20.3 Å². The highest BCUT2D eigenvalue weighted by Gasteiger charge is 2.51. The second-order valence-electron chi connectivity index (χ2n) is 10.2. The molecule has 1 atom stereocenters. The summed E-state index contributed by atoms with van der Waals surface area (Å²) in [4.78, 5) is 30.5. The maximum absolute atomic E-state index is 12.2. The maximum Gasteiger partial charge on any atom is 0.407 e. The molecule has 0 bridgehead atoms. The van der Waals surface area contributed by atoms with Gasteiger partial charge in [0, 0.05) is 36.8 Å². The second-order valence-corrected chi connectivity index (χ2v) is 10.2. The number of carbonyl (C=O) groups excluding carboxylic acids is 1. The summed E-state index contributed by atoms with van der Waals surface area (Å²) in [5.41, 5.74) is 1.25. The largest absolute Gasteiger partial charge is 0.444 e. The van der Waals surface area contributed by atoms with Crippen LogP contribution in [0.2, 0.25) is 0 Å². The van der Waals surface area contributed by atoms with Crippen molar-refractivity contribution in [2.45, 2.75) is 63.5 Å². The third-order valence-corrected chi connectivity index (χ3v) is 6.72. The third kappa shape index (κ3) is 3.94. The van der Waals surface area contributed by atoms with Gasteiger partial charge in [-0.3, -0.25) is 0 Å². The Morgan fingerprint density at radius 3 is 2.76 bits per heavy atom. The number of fused-ring (bicyclic) bond motifs is 2. The van der Waals surface area contributed by atoms with Crippen molar-refractivity contribution in [2.24, 2.45) is 0 Å². The number of nitrogens with one attached hydrogen (secondary N) is 1. The van der Waals surface area contributed by atoms with Gasteiger partial charge in [0.2, 0.25) is 0 Å². The van der Waals surface area contributed by atoms with Crippen molar-refractivity contribution in [3.8, 4) is 6.07 Å². The molecule has 1 amide bonds. The van der Waals surface area contributed by atoms with E-state index >= 15 is 0 Å². The zero-order valence-electron chi connectivity index (χ0n) is 19.3. The lowest BCUT2D eigenvalue weighted by atomic mass is 9.66. The monoisotopic (exact) mass is 447 g/mol. The topological polar surface area (TPSA) is 107 Å². The highest BCUT2D eigenvalue weighted by Crippen LogP contribution is 2.56. The molecule has 3 aliphatic rings. The van der Waals surface area contributed by atoms with Gasteiger partial charge < -0.3 is 19.9 Å². The van der Waals surface area contributed by atoms with Crippen LogP contribution in [0.15, 0.2) is 24.7 Å². The van der Waals surface area contributed by atoms with E-state index in [9.17, 15) is 10.1 Å². The summed E-state index contributed by atoms with van der Waals surface area (Å²) in [5, 5.41) is 12.3. The van der Waals surface area contributed by atoms with Crippen LogP contribution in [-0.2, 0) is 10.2 Å². The smallest absolute Gasteiger partial charge is 0.407 e. The van der Waals surface area contributed by atoms with E-state index in [-0.39, 0.29) is 17.6 Å². The van der Waals surface area contributed by atoms with Gasteiger partial charge in [-0.2, -0.15) is 5.26 Å². The predicted octanol–water partition coefficient (Wildman–Crippen LogP) is 3.42. The Morgan fingerprint density at radius 1 is 1.27 bits per heavy atom. The summed E-state index contributed by atoms with van der Waals surface area (Å²) < 4.78 is 5.43. The maximum atomic E-state index is 12.2. The molecule has 2 aromatic rings. The number of carbonyl (C=O) groups is 1. The molecule has 2 aromatic heterocycles. The second kappa shape index (κ2) is 7.87. The number of hydrogen-bond acceptors (Lipinski definition) is 8. The normalized spacial score (nSPS) is 20.8. The Kier molecular flexibility index (Phi) is 5.11. The molecule has 0 radical (unpaired) electrons. The van der Waals surface area contributed by atoms with Gasteiger partial charge in [-0.1, -0.05) is 6.42 Å². The number of aromatic nitrogens is 3. The number of anilines is 3. The van der Waals surface area contributed by atoms with Crippen molar-refractivity contribution < 1.29 is 9.53 Å². The number of hydrogen-bond donors (Lipinski definition) is 1. The first-order chi connectivity index (χ1) is 15.8. The summed E-state index contributed by atoms with van der Waals surface area (Å²) in [5.74, 6) is 2.58. The quantitative estimate of drug-likeness (QED) is 0.763. The van der Waals surface area contributed by atoms with Gasteiger partial charge in [0.1, 0.15) is 29.4 Å². The molecular formula is C24H29N7O2. The van der Waals surface area contributed by atoms with Crippen LogP contribution >= 0.6 is 0 Å². The fourth-order valence-electron chi connectivity index (χ4n) is 5.12. The van der Waals surface area contributed by atoms with Crippen LogP contribution < -0.4 is 15.1 Å². The first-order valence-electron chi connectivity index (χ1n) is 11.5. The zero-order chi connectivity index (χ0) is 23.2. The van der Waals surface area contributed by atoms with E-state index in [0.29, 0.717) is 12.1 Å². The summed E-state index contributed by atoms with van der Waals surface area (Å²) >= 11 is 0. The minimum absolute atomic E-state index is 0.00688. The number of amides is 1. The van der Waals surface area contributed by atoms with Gasteiger partial charge in [-0.15, -0.1) is 0 Å². The van der Waals surface area contributed by atoms with Crippen molar-refractivity contribution in [3.63, 3.8) is 0 Å². The molecule has 1 saturated carbocycles. The van der Waals surface area contributed by atoms with Crippen LogP contribution in [0, 0.1) is 11.3 Å². The van der Waals surface area contributed by atoms with Crippen LogP contribution in [0.1, 0.15) is 57.6 Å². The number of rotatable bonds is 3. The van der Waals surface area contributed by atoms with Gasteiger partial charge in [0.25, 0.3) is 0 Å². The SMILES string of the molecule is CC(C)(C)OC(=O)NC1CCN(c2ncnc3c2C2(CCC2)CN3c2cc(C#N)ccn2)C1. The van der Waals surface area contributed by atoms with Crippen molar-refractivity contribution in [1.29, 1.82) is 5.26 Å². The number of ether oxygens (including phenoxy) is 1. The minimum Gasteiger partial charge on any atom is -0.444 e. The van der Waals surface area contributed by atoms with Gasteiger partial charge >= 0.3 is 6.09 Å². The van der Waals surface area contributed by atoms with Crippen LogP contribution in [0.4, 0.5) is 22.2 Å². The highest BCUT2D eigenvalue weighted by atomic mass is 16.6. The van der Waals surface area contributed by atoms with E-state index < -0.39 is 5.60 Å². The molecule has 5 rings (SSSR count). The molecule has 172 valence electrons. The number of nitriles is 1. The molecule has 9 nitrogen and oxygen atoms in total. The Labute approximate surface area is 193 Å². The molecule has 1 aliphatic carbocycles. The first kappa shape index (κ1) is 21.4. The van der Waals surface area contributed by atoms with Crippen LogP contribution in [-0.4, -0.2) is 52.3 Å². The van der Waals surface area contributed by atoms with Gasteiger partial charge in [0.05, 0.1) is 17.7 Å². The minimum atomic E-state index is -0.521. The van der Waals surface area contributed by atoms with E-state index in [1.807, 2.05) is 26.8 Å². The molecule has 2 aliphatic heterocycles. The molecule has 1 saturated heterocycles. The van der Waals surface area contributed by atoms with Crippen LogP contribution in [0.5, 0.6) is 0 Å². The third-order valence-electron chi connectivity index (χ3n) is 6.72. The molecule has 2 fully saturated rings. The summed E-state index contributed by atoms with van der Waals surface area (Å²) in [6, 6.07) is 5.74. The number of pyridine rings is 1. The molecule has 1 N–H and O–H groups in total. The number of nitrogens with zero attached hydrogens (tertiary/aromatic N) is 6. The standard InChI is InChI=1S/C24H29N7O2/c1-23(2,3)33-22(32)29-17-6-10-30(13-17)20-19-21(28-15-27-20)31(14-24(19)7-4-8-24)18-11-16(12-25)5-9-26-18/h5,9,11,15,17H,4,6-8,10,13-14H2,1-3H3,(H,29,32). The molecular weight excluding hydrogens is 418 g/mol. The lowest BCUT2D eigenvalue weighted by Crippen LogP contribution is -2.41. The van der Waals surface area contributed by atoms with E-state index in [2.05, 4.69) is 31.2 Å². The van der Waals surface area contributed by atoms with Crippen molar-refractivity contribution >= 4 is 23.5 Å². The molecule has 0 aromatic carbocycles. The summed E-state index contributed by atoms with van der Waals surface area (Å²) in [6.45, 7) is 7.88. The Bertz CT molecular complexity index is 1120. The molecule has 9 heteroatoms.